The number of aliphatic imine (C=N–C) groups is 1. The second-order valence-corrected chi connectivity index (χ2v) is 7.64. The minimum absolute atomic E-state index is 0.508. The first kappa shape index (κ1) is 18.0. The van der Waals surface area contributed by atoms with Crippen molar-refractivity contribution in [3.05, 3.63) is 41.0 Å². The van der Waals surface area contributed by atoms with Gasteiger partial charge in [0.05, 0.1) is 0 Å². The van der Waals surface area contributed by atoms with Crippen LogP contribution in [0.4, 0.5) is 5.69 Å². The molecule has 0 spiro atoms. The monoisotopic (exact) mass is 366 g/mol. The minimum Gasteiger partial charge on any atom is -0.370 e. The van der Waals surface area contributed by atoms with Crippen LogP contribution in [0.15, 0.2) is 23.2 Å². The summed E-state index contributed by atoms with van der Waals surface area (Å²) in [6.07, 6.45) is 11.5. The Balaban J connectivity index is 1.31. The first-order chi connectivity index (χ1) is 13.3. The molecule has 4 rings (SSSR count). The number of aromatic nitrogens is 3. The quantitative estimate of drug-likeness (QED) is 0.483. The van der Waals surface area contributed by atoms with E-state index in [9.17, 15) is 0 Å². The van der Waals surface area contributed by atoms with Crippen molar-refractivity contribution in [1.82, 2.24) is 14.8 Å². The molecule has 0 unspecified atom stereocenters. The van der Waals surface area contributed by atoms with E-state index in [1.54, 1.807) is 0 Å². The van der Waals surface area contributed by atoms with Crippen molar-refractivity contribution in [3.63, 3.8) is 0 Å². The summed E-state index contributed by atoms with van der Waals surface area (Å²) < 4.78 is 2.31. The predicted octanol–water partition coefficient (Wildman–Crippen LogP) is 3.24. The van der Waals surface area contributed by atoms with Gasteiger partial charge in [-0.05, 0) is 62.1 Å². The van der Waals surface area contributed by atoms with Crippen molar-refractivity contribution in [2.75, 3.05) is 11.9 Å². The second kappa shape index (κ2) is 8.55. The van der Waals surface area contributed by atoms with Crippen LogP contribution in [-0.4, -0.2) is 27.3 Å². The molecule has 0 radical (unpaired) electrons. The van der Waals surface area contributed by atoms with E-state index < -0.39 is 0 Å². The van der Waals surface area contributed by atoms with Gasteiger partial charge in [-0.1, -0.05) is 18.6 Å². The van der Waals surface area contributed by atoms with Gasteiger partial charge in [0.25, 0.3) is 0 Å². The Bertz CT molecular complexity index is 807. The number of aryl methyl sites for hydroxylation is 3. The van der Waals surface area contributed by atoms with Crippen LogP contribution in [0, 0.1) is 0 Å². The van der Waals surface area contributed by atoms with Crippen LogP contribution in [0.1, 0.15) is 61.3 Å². The van der Waals surface area contributed by atoms with Gasteiger partial charge in [0, 0.05) is 31.6 Å². The van der Waals surface area contributed by atoms with Crippen molar-refractivity contribution in [2.24, 2.45) is 10.7 Å². The van der Waals surface area contributed by atoms with E-state index >= 15 is 0 Å². The average Bonchev–Trinajstić information content (AvgIpc) is 2.92. The topological polar surface area (TPSA) is 81.1 Å². The highest BCUT2D eigenvalue weighted by Gasteiger charge is 2.15. The SMILES string of the molecule is NC(=NCCCc1nnc2n1CCCCC2)Nc1cccc2c1CCCC2. The zero-order valence-corrected chi connectivity index (χ0v) is 16.1. The number of nitrogens with one attached hydrogen (secondary N) is 1. The van der Waals surface area contributed by atoms with Crippen LogP contribution >= 0.6 is 0 Å². The lowest BCUT2D eigenvalue weighted by atomic mass is 9.90. The van der Waals surface area contributed by atoms with Gasteiger partial charge in [-0.15, -0.1) is 10.2 Å². The van der Waals surface area contributed by atoms with E-state index in [1.165, 1.54) is 49.7 Å². The molecule has 0 saturated carbocycles. The van der Waals surface area contributed by atoms with Gasteiger partial charge in [0.1, 0.15) is 11.6 Å². The van der Waals surface area contributed by atoms with Gasteiger partial charge < -0.3 is 15.6 Å². The van der Waals surface area contributed by atoms with Gasteiger partial charge in [-0.2, -0.15) is 0 Å². The van der Waals surface area contributed by atoms with Gasteiger partial charge in [0.2, 0.25) is 0 Å². The molecule has 0 saturated heterocycles. The van der Waals surface area contributed by atoms with Gasteiger partial charge in [-0.25, -0.2) is 0 Å². The molecule has 1 aliphatic carbocycles. The highest BCUT2D eigenvalue weighted by atomic mass is 15.3. The van der Waals surface area contributed by atoms with Crippen LogP contribution < -0.4 is 11.1 Å². The Morgan fingerprint density at radius 1 is 1.07 bits per heavy atom. The maximum atomic E-state index is 6.14. The lowest BCUT2D eigenvalue weighted by Gasteiger charge is -2.19. The number of benzene rings is 1. The van der Waals surface area contributed by atoms with Crippen molar-refractivity contribution >= 4 is 11.6 Å². The first-order valence-corrected chi connectivity index (χ1v) is 10.4. The Hall–Kier alpha value is -2.37. The molecule has 0 amide bonds. The number of guanidine groups is 1. The normalized spacial score (nSPS) is 17.1. The molecule has 6 nitrogen and oxygen atoms in total. The molecule has 144 valence electrons. The van der Waals surface area contributed by atoms with Crippen LogP contribution in [0.25, 0.3) is 0 Å². The Labute approximate surface area is 161 Å². The number of nitrogens with zero attached hydrogens (tertiary/aromatic N) is 4. The molecular formula is C21H30N6. The van der Waals surface area contributed by atoms with Crippen molar-refractivity contribution < 1.29 is 0 Å². The summed E-state index contributed by atoms with van der Waals surface area (Å²) in [5.41, 5.74) is 10.1. The zero-order valence-electron chi connectivity index (χ0n) is 16.1. The van der Waals surface area contributed by atoms with Crippen molar-refractivity contribution in [1.29, 1.82) is 0 Å². The second-order valence-electron chi connectivity index (χ2n) is 7.64. The fourth-order valence-corrected chi connectivity index (χ4v) is 4.24. The molecular weight excluding hydrogens is 336 g/mol. The van der Waals surface area contributed by atoms with E-state index in [0.29, 0.717) is 12.5 Å². The standard InChI is InChI=1S/C21H30N6/c22-21(24-18-11-6-9-16-8-3-4-10-17(16)18)23-14-7-13-20-26-25-19-12-2-1-5-15-27(19)20/h6,9,11H,1-5,7-8,10,12-15H2,(H3,22,23,24). The van der Waals surface area contributed by atoms with Crippen LogP contribution in [0.3, 0.4) is 0 Å². The number of hydrogen-bond acceptors (Lipinski definition) is 3. The molecule has 2 heterocycles. The molecule has 0 bridgehead atoms. The van der Waals surface area contributed by atoms with Gasteiger partial charge in [0.15, 0.2) is 5.96 Å². The number of anilines is 1. The largest absolute Gasteiger partial charge is 0.370 e. The number of fused-ring (bicyclic) bond motifs is 2. The van der Waals surface area contributed by atoms with Gasteiger partial charge >= 0.3 is 0 Å². The summed E-state index contributed by atoms with van der Waals surface area (Å²) in [7, 11) is 0. The summed E-state index contributed by atoms with van der Waals surface area (Å²) in [6, 6.07) is 6.45. The van der Waals surface area contributed by atoms with Crippen molar-refractivity contribution in [2.45, 2.75) is 70.8 Å². The van der Waals surface area contributed by atoms with E-state index in [1.807, 2.05) is 0 Å². The molecule has 0 atom stereocenters. The maximum Gasteiger partial charge on any atom is 0.193 e. The van der Waals surface area contributed by atoms with Gasteiger partial charge in [-0.3, -0.25) is 4.99 Å². The van der Waals surface area contributed by atoms with Crippen LogP contribution in [0.5, 0.6) is 0 Å². The number of nitrogens with two attached hydrogens (primary N) is 1. The molecule has 3 N–H and O–H groups in total. The van der Waals surface area contributed by atoms with E-state index in [4.69, 9.17) is 5.73 Å². The first-order valence-electron chi connectivity index (χ1n) is 10.4. The average molecular weight is 367 g/mol. The minimum atomic E-state index is 0.508. The smallest absolute Gasteiger partial charge is 0.193 e. The lowest BCUT2D eigenvalue weighted by molar-refractivity contribution is 0.598. The highest BCUT2D eigenvalue weighted by molar-refractivity contribution is 5.93. The number of hydrogen-bond donors (Lipinski definition) is 2. The molecule has 1 aromatic carbocycles. The summed E-state index contributed by atoms with van der Waals surface area (Å²) >= 11 is 0. The molecule has 1 aromatic heterocycles. The highest BCUT2D eigenvalue weighted by Crippen LogP contribution is 2.27. The fourth-order valence-electron chi connectivity index (χ4n) is 4.24. The summed E-state index contributed by atoms with van der Waals surface area (Å²) in [6.45, 7) is 1.76. The molecule has 6 heteroatoms. The molecule has 0 fully saturated rings. The van der Waals surface area contributed by atoms with E-state index in [2.05, 4.69) is 43.3 Å². The zero-order chi connectivity index (χ0) is 18.5. The third-order valence-electron chi connectivity index (χ3n) is 5.69. The molecule has 27 heavy (non-hydrogen) atoms. The molecule has 2 aromatic rings. The summed E-state index contributed by atoms with van der Waals surface area (Å²) in [5.74, 6) is 2.76. The Morgan fingerprint density at radius 2 is 1.96 bits per heavy atom. The van der Waals surface area contributed by atoms with E-state index in [0.717, 1.165) is 49.6 Å². The Kier molecular flexibility index (Phi) is 5.70. The predicted molar refractivity (Wildman–Crippen MR) is 109 cm³/mol. The Morgan fingerprint density at radius 3 is 2.93 bits per heavy atom. The summed E-state index contributed by atoms with van der Waals surface area (Å²) in [5, 5.41) is 12.1. The molecule has 1 aliphatic heterocycles. The van der Waals surface area contributed by atoms with Crippen LogP contribution in [-0.2, 0) is 32.2 Å². The van der Waals surface area contributed by atoms with Crippen LogP contribution in [0.2, 0.25) is 0 Å². The summed E-state index contributed by atoms with van der Waals surface area (Å²) in [4.78, 5) is 4.52. The third kappa shape index (κ3) is 4.31. The van der Waals surface area contributed by atoms with E-state index in [-0.39, 0.29) is 0 Å². The fraction of sp³-hybridized carbons (Fsp3) is 0.571. The van der Waals surface area contributed by atoms with Crippen molar-refractivity contribution in [3.8, 4) is 0 Å². The number of rotatable bonds is 5. The lowest BCUT2D eigenvalue weighted by Crippen LogP contribution is -2.24. The molecule has 2 aliphatic rings. The third-order valence-corrected chi connectivity index (χ3v) is 5.69. The maximum absolute atomic E-state index is 6.14.